The lowest BCUT2D eigenvalue weighted by Crippen LogP contribution is -2.15. The number of hydrogen-bond donors (Lipinski definition) is 0. The average molecular weight is 204 g/mol. The SMILES string of the molecule is COc1ccccc1C1CCCCC1C. The smallest absolute Gasteiger partial charge is 0.122 e. The number of benzene rings is 1. The van der Waals surface area contributed by atoms with Gasteiger partial charge >= 0.3 is 0 Å². The molecule has 1 nitrogen and oxygen atoms in total. The van der Waals surface area contributed by atoms with Gasteiger partial charge in [-0.05, 0) is 29.9 Å². The summed E-state index contributed by atoms with van der Waals surface area (Å²) in [6.45, 7) is 2.37. The van der Waals surface area contributed by atoms with E-state index in [-0.39, 0.29) is 0 Å². The minimum absolute atomic E-state index is 0.704. The van der Waals surface area contributed by atoms with Crippen molar-refractivity contribution in [1.82, 2.24) is 0 Å². The monoisotopic (exact) mass is 204 g/mol. The van der Waals surface area contributed by atoms with E-state index in [1.165, 1.54) is 31.2 Å². The van der Waals surface area contributed by atoms with Gasteiger partial charge in [0.05, 0.1) is 7.11 Å². The molecule has 1 aromatic carbocycles. The molecule has 0 heterocycles. The van der Waals surface area contributed by atoms with Gasteiger partial charge in [0.1, 0.15) is 5.75 Å². The molecule has 15 heavy (non-hydrogen) atoms. The van der Waals surface area contributed by atoms with Gasteiger partial charge in [-0.1, -0.05) is 44.4 Å². The molecular weight excluding hydrogens is 184 g/mol. The van der Waals surface area contributed by atoms with Crippen LogP contribution < -0.4 is 4.74 Å². The molecule has 1 saturated carbocycles. The molecule has 0 saturated heterocycles. The third-order valence-electron chi connectivity index (χ3n) is 3.65. The molecular formula is C14H20O. The second-order valence-corrected chi connectivity index (χ2v) is 4.61. The molecule has 0 N–H and O–H groups in total. The van der Waals surface area contributed by atoms with E-state index in [0.29, 0.717) is 5.92 Å². The number of hydrogen-bond acceptors (Lipinski definition) is 1. The van der Waals surface area contributed by atoms with Gasteiger partial charge < -0.3 is 4.74 Å². The molecule has 0 aliphatic heterocycles. The van der Waals surface area contributed by atoms with Crippen LogP contribution in [0.4, 0.5) is 0 Å². The Hall–Kier alpha value is -0.980. The van der Waals surface area contributed by atoms with Gasteiger partial charge in [0.2, 0.25) is 0 Å². The highest BCUT2D eigenvalue weighted by Gasteiger charge is 2.24. The molecule has 1 aromatic rings. The summed E-state index contributed by atoms with van der Waals surface area (Å²) in [5, 5.41) is 0. The Labute approximate surface area is 92.5 Å². The van der Waals surface area contributed by atoms with Crippen LogP contribution in [0.3, 0.4) is 0 Å². The maximum atomic E-state index is 5.45. The molecule has 2 rings (SSSR count). The summed E-state index contributed by atoms with van der Waals surface area (Å²) in [6.07, 6.45) is 5.45. The Balaban J connectivity index is 2.26. The Morgan fingerprint density at radius 3 is 2.60 bits per heavy atom. The third-order valence-corrected chi connectivity index (χ3v) is 3.65. The van der Waals surface area contributed by atoms with E-state index in [4.69, 9.17) is 4.74 Å². The lowest BCUT2D eigenvalue weighted by Gasteiger charge is -2.30. The molecule has 0 spiro atoms. The quantitative estimate of drug-likeness (QED) is 0.707. The minimum Gasteiger partial charge on any atom is -0.496 e. The highest BCUT2D eigenvalue weighted by atomic mass is 16.5. The Morgan fingerprint density at radius 2 is 1.87 bits per heavy atom. The van der Waals surface area contributed by atoms with Crippen molar-refractivity contribution in [2.75, 3.05) is 7.11 Å². The normalized spacial score (nSPS) is 26.3. The Morgan fingerprint density at radius 1 is 1.13 bits per heavy atom. The van der Waals surface area contributed by atoms with E-state index in [2.05, 4.69) is 31.2 Å². The van der Waals surface area contributed by atoms with Crippen LogP contribution in [0, 0.1) is 5.92 Å². The lowest BCUT2D eigenvalue weighted by molar-refractivity contribution is 0.318. The van der Waals surface area contributed by atoms with E-state index in [1.54, 1.807) is 7.11 Å². The zero-order chi connectivity index (χ0) is 10.7. The Bertz CT molecular complexity index is 319. The van der Waals surface area contributed by atoms with Crippen LogP contribution >= 0.6 is 0 Å². The highest BCUT2D eigenvalue weighted by Crippen LogP contribution is 2.40. The molecule has 1 aliphatic rings. The zero-order valence-electron chi connectivity index (χ0n) is 9.70. The first kappa shape index (κ1) is 10.5. The van der Waals surface area contributed by atoms with Crippen molar-refractivity contribution in [1.29, 1.82) is 0 Å². The second-order valence-electron chi connectivity index (χ2n) is 4.61. The number of rotatable bonds is 2. The van der Waals surface area contributed by atoms with E-state index in [9.17, 15) is 0 Å². The first-order chi connectivity index (χ1) is 7.33. The van der Waals surface area contributed by atoms with Crippen molar-refractivity contribution in [2.24, 2.45) is 5.92 Å². The van der Waals surface area contributed by atoms with Gasteiger partial charge in [-0.2, -0.15) is 0 Å². The lowest BCUT2D eigenvalue weighted by atomic mass is 9.76. The molecule has 0 radical (unpaired) electrons. The molecule has 2 unspecified atom stereocenters. The van der Waals surface area contributed by atoms with Crippen LogP contribution in [-0.2, 0) is 0 Å². The largest absolute Gasteiger partial charge is 0.496 e. The van der Waals surface area contributed by atoms with E-state index in [0.717, 1.165) is 11.7 Å². The fourth-order valence-electron chi connectivity index (χ4n) is 2.75. The van der Waals surface area contributed by atoms with Crippen LogP contribution in [0.2, 0.25) is 0 Å². The van der Waals surface area contributed by atoms with Crippen LogP contribution in [-0.4, -0.2) is 7.11 Å². The van der Waals surface area contributed by atoms with Crippen LogP contribution in [0.1, 0.15) is 44.1 Å². The van der Waals surface area contributed by atoms with Gasteiger partial charge in [0.15, 0.2) is 0 Å². The summed E-state index contributed by atoms with van der Waals surface area (Å²) < 4.78 is 5.45. The van der Waals surface area contributed by atoms with Crippen molar-refractivity contribution in [3.63, 3.8) is 0 Å². The third kappa shape index (κ3) is 2.17. The van der Waals surface area contributed by atoms with Crippen LogP contribution in [0.15, 0.2) is 24.3 Å². The molecule has 2 atom stereocenters. The van der Waals surface area contributed by atoms with Crippen molar-refractivity contribution in [3.8, 4) is 5.75 Å². The predicted molar refractivity (Wildman–Crippen MR) is 63.4 cm³/mol. The van der Waals surface area contributed by atoms with Crippen molar-refractivity contribution >= 4 is 0 Å². The number of ether oxygens (including phenoxy) is 1. The molecule has 82 valence electrons. The van der Waals surface area contributed by atoms with Crippen LogP contribution in [0.5, 0.6) is 5.75 Å². The molecule has 0 bridgehead atoms. The summed E-state index contributed by atoms with van der Waals surface area (Å²) >= 11 is 0. The first-order valence-electron chi connectivity index (χ1n) is 5.96. The van der Waals surface area contributed by atoms with Gasteiger partial charge in [0, 0.05) is 0 Å². The molecule has 0 amide bonds. The summed E-state index contributed by atoms with van der Waals surface area (Å²) in [4.78, 5) is 0. The fourth-order valence-corrected chi connectivity index (χ4v) is 2.75. The fraction of sp³-hybridized carbons (Fsp3) is 0.571. The molecule has 1 aliphatic carbocycles. The van der Waals surface area contributed by atoms with Crippen molar-refractivity contribution < 1.29 is 4.74 Å². The first-order valence-corrected chi connectivity index (χ1v) is 5.96. The summed E-state index contributed by atoms with van der Waals surface area (Å²) in [6, 6.07) is 8.48. The summed E-state index contributed by atoms with van der Waals surface area (Å²) in [5.74, 6) is 2.57. The Kier molecular flexibility index (Phi) is 3.30. The zero-order valence-corrected chi connectivity index (χ0v) is 9.70. The van der Waals surface area contributed by atoms with E-state index in [1.807, 2.05) is 0 Å². The molecule has 1 heteroatoms. The van der Waals surface area contributed by atoms with E-state index >= 15 is 0 Å². The maximum Gasteiger partial charge on any atom is 0.122 e. The summed E-state index contributed by atoms with van der Waals surface area (Å²) in [7, 11) is 1.77. The summed E-state index contributed by atoms with van der Waals surface area (Å²) in [5.41, 5.74) is 1.41. The van der Waals surface area contributed by atoms with Crippen molar-refractivity contribution in [2.45, 2.75) is 38.5 Å². The standard InChI is InChI=1S/C14H20O/c1-11-7-3-4-8-12(11)13-9-5-6-10-14(13)15-2/h5-6,9-12H,3-4,7-8H2,1-2H3. The topological polar surface area (TPSA) is 9.23 Å². The second kappa shape index (κ2) is 4.69. The van der Waals surface area contributed by atoms with E-state index < -0.39 is 0 Å². The number of para-hydroxylation sites is 1. The van der Waals surface area contributed by atoms with Gasteiger partial charge in [-0.15, -0.1) is 0 Å². The maximum absolute atomic E-state index is 5.45. The highest BCUT2D eigenvalue weighted by molar-refractivity contribution is 5.36. The van der Waals surface area contributed by atoms with Crippen LogP contribution in [0.25, 0.3) is 0 Å². The molecule has 1 fully saturated rings. The minimum atomic E-state index is 0.704. The van der Waals surface area contributed by atoms with Gasteiger partial charge in [-0.25, -0.2) is 0 Å². The number of methoxy groups -OCH3 is 1. The van der Waals surface area contributed by atoms with Crippen molar-refractivity contribution in [3.05, 3.63) is 29.8 Å². The molecule has 0 aromatic heterocycles. The predicted octanol–water partition coefficient (Wildman–Crippen LogP) is 3.99. The van der Waals surface area contributed by atoms with Gasteiger partial charge in [-0.3, -0.25) is 0 Å². The van der Waals surface area contributed by atoms with Gasteiger partial charge in [0.25, 0.3) is 0 Å². The average Bonchev–Trinajstić information content (AvgIpc) is 2.30.